The van der Waals surface area contributed by atoms with E-state index in [9.17, 15) is 14.4 Å². The lowest BCUT2D eigenvalue weighted by atomic mass is 10.1. The van der Waals surface area contributed by atoms with E-state index >= 15 is 0 Å². The Kier molecular flexibility index (Phi) is 3.79. The molecule has 0 aromatic rings. The van der Waals surface area contributed by atoms with Crippen LogP contribution in [-0.2, 0) is 14.3 Å². The van der Waals surface area contributed by atoms with Gasteiger partial charge in [-0.2, -0.15) is 0 Å². The van der Waals surface area contributed by atoms with Crippen molar-refractivity contribution in [3.05, 3.63) is 0 Å². The SMILES string of the molecule is COCC(C)CN1C(=O)CC(=O)NC1=O. The average Bonchev–Trinajstić information content (AvgIpc) is 2.11. The van der Waals surface area contributed by atoms with Crippen LogP contribution in [0.1, 0.15) is 13.3 Å². The van der Waals surface area contributed by atoms with Gasteiger partial charge in [-0.25, -0.2) is 4.79 Å². The monoisotopic (exact) mass is 214 g/mol. The summed E-state index contributed by atoms with van der Waals surface area (Å²) in [6.07, 6.45) is -0.258. The van der Waals surface area contributed by atoms with Crippen molar-refractivity contribution < 1.29 is 19.1 Å². The van der Waals surface area contributed by atoms with Crippen molar-refractivity contribution in [3.8, 4) is 0 Å². The lowest BCUT2D eigenvalue weighted by molar-refractivity contribution is -0.136. The summed E-state index contributed by atoms with van der Waals surface area (Å²) in [7, 11) is 1.55. The molecule has 0 saturated carbocycles. The summed E-state index contributed by atoms with van der Waals surface area (Å²) in [6.45, 7) is 2.59. The molecule has 0 aromatic heterocycles. The van der Waals surface area contributed by atoms with E-state index in [0.29, 0.717) is 6.61 Å². The Morgan fingerprint density at radius 3 is 2.67 bits per heavy atom. The first kappa shape index (κ1) is 11.6. The second kappa shape index (κ2) is 4.88. The van der Waals surface area contributed by atoms with Crippen molar-refractivity contribution >= 4 is 17.8 Å². The summed E-state index contributed by atoms with van der Waals surface area (Å²) in [5, 5.41) is 2.09. The number of barbiturate groups is 1. The highest BCUT2D eigenvalue weighted by atomic mass is 16.5. The number of carbonyl (C=O) groups is 3. The molecular weight excluding hydrogens is 200 g/mol. The Labute approximate surface area is 87.6 Å². The number of carbonyl (C=O) groups excluding carboxylic acids is 3. The van der Waals surface area contributed by atoms with Crippen LogP contribution in [0.25, 0.3) is 0 Å². The van der Waals surface area contributed by atoms with Crippen molar-refractivity contribution in [1.82, 2.24) is 10.2 Å². The van der Waals surface area contributed by atoms with Crippen LogP contribution < -0.4 is 5.32 Å². The molecule has 1 N–H and O–H groups in total. The van der Waals surface area contributed by atoms with Crippen molar-refractivity contribution in [1.29, 1.82) is 0 Å². The van der Waals surface area contributed by atoms with Crippen LogP contribution in [0.15, 0.2) is 0 Å². The molecule has 6 nitrogen and oxygen atoms in total. The molecule has 1 saturated heterocycles. The highest BCUT2D eigenvalue weighted by molar-refractivity contribution is 6.14. The summed E-state index contributed by atoms with van der Waals surface area (Å²) in [5.74, 6) is -0.940. The van der Waals surface area contributed by atoms with E-state index in [-0.39, 0.29) is 18.9 Å². The molecule has 0 aromatic carbocycles. The van der Waals surface area contributed by atoms with Gasteiger partial charge in [-0.3, -0.25) is 19.8 Å². The quantitative estimate of drug-likeness (QED) is 0.654. The second-order valence-corrected chi connectivity index (χ2v) is 3.59. The Balaban J connectivity index is 2.56. The average molecular weight is 214 g/mol. The molecule has 1 atom stereocenters. The molecule has 1 aliphatic heterocycles. The third kappa shape index (κ3) is 3.02. The highest BCUT2D eigenvalue weighted by Crippen LogP contribution is 2.07. The van der Waals surface area contributed by atoms with Crippen LogP contribution >= 0.6 is 0 Å². The fraction of sp³-hybridized carbons (Fsp3) is 0.667. The minimum Gasteiger partial charge on any atom is -0.384 e. The predicted octanol–water partition coefficient (Wildman–Crippen LogP) is -0.263. The lowest BCUT2D eigenvalue weighted by Crippen LogP contribution is -2.54. The Morgan fingerprint density at radius 1 is 1.47 bits per heavy atom. The summed E-state index contributed by atoms with van der Waals surface area (Å²) < 4.78 is 4.90. The number of hydrogen-bond acceptors (Lipinski definition) is 4. The summed E-state index contributed by atoms with van der Waals surface area (Å²) in [5.41, 5.74) is 0. The summed E-state index contributed by atoms with van der Waals surface area (Å²) in [4.78, 5) is 34.5. The van der Waals surface area contributed by atoms with Crippen LogP contribution in [0.3, 0.4) is 0 Å². The van der Waals surface area contributed by atoms with Crippen molar-refractivity contribution in [2.75, 3.05) is 20.3 Å². The van der Waals surface area contributed by atoms with Crippen molar-refractivity contribution in [2.24, 2.45) is 5.92 Å². The molecule has 0 bridgehead atoms. The van der Waals surface area contributed by atoms with E-state index in [1.165, 1.54) is 0 Å². The van der Waals surface area contributed by atoms with Crippen molar-refractivity contribution in [3.63, 3.8) is 0 Å². The van der Waals surface area contributed by atoms with Crippen LogP contribution in [0, 0.1) is 5.92 Å². The number of amides is 4. The van der Waals surface area contributed by atoms with E-state index in [2.05, 4.69) is 5.32 Å². The van der Waals surface area contributed by atoms with Gasteiger partial charge in [0.1, 0.15) is 6.42 Å². The third-order valence-corrected chi connectivity index (χ3v) is 2.05. The number of nitrogens with one attached hydrogen (secondary N) is 1. The molecule has 0 spiro atoms. The zero-order chi connectivity index (χ0) is 11.4. The van der Waals surface area contributed by atoms with E-state index in [0.717, 1.165) is 4.90 Å². The van der Waals surface area contributed by atoms with Crippen LogP contribution in [-0.4, -0.2) is 43.0 Å². The number of urea groups is 1. The van der Waals surface area contributed by atoms with Crippen LogP contribution in [0.4, 0.5) is 4.79 Å². The minimum atomic E-state index is -0.640. The van der Waals surface area contributed by atoms with Gasteiger partial charge in [0.25, 0.3) is 0 Å². The Morgan fingerprint density at radius 2 is 2.13 bits per heavy atom. The minimum absolute atomic E-state index is 0.0536. The Bertz CT molecular complexity index is 270. The van der Waals surface area contributed by atoms with Gasteiger partial charge in [-0.1, -0.05) is 6.92 Å². The smallest absolute Gasteiger partial charge is 0.330 e. The van der Waals surface area contributed by atoms with Gasteiger partial charge in [0, 0.05) is 13.7 Å². The largest absolute Gasteiger partial charge is 0.384 e. The molecule has 0 aliphatic carbocycles. The molecule has 84 valence electrons. The first-order valence-corrected chi connectivity index (χ1v) is 4.67. The number of methoxy groups -OCH3 is 1. The number of hydrogen-bond donors (Lipinski definition) is 1. The molecule has 4 amide bonds. The summed E-state index contributed by atoms with van der Waals surface area (Å²) >= 11 is 0. The zero-order valence-electron chi connectivity index (χ0n) is 8.78. The molecule has 6 heteroatoms. The topological polar surface area (TPSA) is 75.7 Å². The number of imide groups is 2. The van der Waals surface area contributed by atoms with Gasteiger partial charge >= 0.3 is 6.03 Å². The number of ether oxygens (including phenoxy) is 1. The van der Waals surface area contributed by atoms with Crippen LogP contribution in [0.5, 0.6) is 0 Å². The fourth-order valence-corrected chi connectivity index (χ4v) is 1.41. The molecule has 1 fully saturated rings. The summed E-state index contributed by atoms with van der Waals surface area (Å²) in [6, 6.07) is -0.640. The van der Waals surface area contributed by atoms with Gasteiger partial charge in [-0.15, -0.1) is 0 Å². The van der Waals surface area contributed by atoms with Gasteiger partial charge in [0.05, 0.1) is 6.61 Å². The van der Waals surface area contributed by atoms with E-state index in [1.54, 1.807) is 7.11 Å². The fourth-order valence-electron chi connectivity index (χ4n) is 1.41. The van der Waals surface area contributed by atoms with E-state index in [4.69, 9.17) is 4.74 Å². The Hall–Kier alpha value is -1.43. The van der Waals surface area contributed by atoms with Gasteiger partial charge < -0.3 is 4.74 Å². The number of nitrogens with zero attached hydrogens (tertiary/aromatic N) is 1. The molecular formula is C9H14N2O4. The molecule has 1 aliphatic rings. The standard InChI is InChI=1S/C9H14N2O4/c1-6(5-15-2)4-11-8(13)3-7(12)10-9(11)14/h6H,3-5H2,1-2H3,(H,10,12,14). The first-order chi connectivity index (χ1) is 7.04. The van der Waals surface area contributed by atoms with E-state index in [1.807, 2.05) is 6.92 Å². The van der Waals surface area contributed by atoms with Crippen molar-refractivity contribution in [2.45, 2.75) is 13.3 Å². The predicted molar refractivity (Wildman–Crippen MR) is 50.9 cm³/mol. The molecule has 0 radical (unpaired) electrons. The normalized spacial score (nSPS) is 19.1. The second-order valence-electron chi connectivity index (χ2n) is 3.59. The van der Waals surface area contributed by atoms with Crippen LogP contribution in [0.2, 0.25) is 0 Å². The maximum Gasteiger partial charge on any atom is 0.330 e. The third-order valence-electron chi connectivity index (χ3n) is 2.05. The van der Waals surface area contributed by atoms with Gasteiger partial charge in [-0.05, 0) is 5.92 Å². The van der Waals surface area contributed by atoms with E-state index < -0.39 is 17.8 Å². The lowest BCUT2D eigenvalue weighted by Gasteiger charge is -2.26. The van der Waals surface area contributed by atoms with Gasteiger partial charge in [0.15, 0.2) is 0 Å². The molecule has 15 heavy (non-hydrogen) atoms. The molecule has 1 heterocycles. The van der Waals surface area contributed by atoms with Gasteiger partial charge in [0.2, 0.25) is 11.8 Å². The zero-order valence-corrected chi connectivity index (χ0v) is 8.78. The number of rotatable bonds is 4. The molecule has 1 rings (SSSR count). The molecule has 1 unspecified atom stereocenters. The highest BCUT2D eigenvalue weighted by Gasteiger charge is 2.31. The maximum atomic E-state index is 11.4. The maximum absolute atomic E-state index is 11.4. The first-order valence-electron chi connectivity index (χ1n) is 4.67.